The maximum Gasteiger partial charge on any atom is 0.144 e. The van der Waals surface area contributed by atoms with E-state index >= 15 is 0 Å². The van der Waals surface area contributed by atoms with Gasteiger partial charge in [0.05, 0.1) is 12.3 Å². The standard InChI is InChI=1S/C10H15N3O/c14-9-3-1-2-8(6-9)13-10-7-11-4-5-12-10/h4-5,7-9,14H,1-3,6H2,(H,12,13). The summed E-state index contributed by atoms with van der Waals surface area (Å²) < 4.78 is 0. The van der Waals surface area contributed by atoms with Gasteiger partial charge >= 0.3 is 0 Å². The van der Waals surface area contributed by atoms with Crippen LogP contribution in [0.2, 0.25) is 0 Å². The van der Waals surface area contributed by atoms with Crippen LogP contribution in [0, 0.1) is 0 Å². The average Bonchev–Trinajstić information content (AvgIpc) is 2.19. The molecule has 0 aliphatic heterocycles. The van der Waals surface area contributed by atoms with Crippen molar-refractivity contribution >= 4 is 5.82 Å². The van der Waals surface area contributed by atoms with Gasteiger partial charge in [0.15, 0.2) is 0 Å². The van der Waals surface area contributed by atoms with Gasteiger partial charge < -0.3 is 10.4 Å². The Hall–Kier alpha value is -1.16. The van der Waals surface area contributed by atoms with Gasteiger partial charge in [-0.05, 0) is 25.7 Å². The molecule has 14 heavy (non-hydrogen) atoms. The molecule has 1 aromatic heterocycles. The molecule has 1 aliphatic rings. The van der Waals surface area contributed by atoms with E-state index in [1.165, 1.54) is 0 Å². The van der Waals surface area contributed by atoms with E-state index in [-0.39, 0.29) is 6.10 Å². The molecular formula is C10H15N3O. The molecular weight excluding hydrogens is 178 g/mol. The Morgan fingerprint density at radius 1 is 1.36 bits per heavy atom. The minimum atomic E-state index is -0.155. The maximum absolute atomic E-state index is 9.48. The van der Waals surface area contributed by atoms with Crippen molar-refractivity contribution in [3.05, 3.63) is 18.6 Å². The molecule has 1 aromatic rings. The fourth-order valence-corrected chi connectivity index (χ4v) is 1.88. The van der Waals surface area contributed by atoms with E-state index < -0.39 is 0 Å². The van der Waals surface area contributed by atoms with E-state index in [4.69, 9.17) is 0 Å². The lowest BCUT2D eigenvalue weighted by molar-refractivity contribution is 0.124. The Morgan fingerprint density at radius 2 is 2.29 bits per heavy atom. The first-order valence-corrected chi connectivity index (χ1v) is 5.05. The second-order valence-electron chi connectivity index (χ2n) is 3.75. The van der Waals surface area contributed by atoms with Crippen LogP contribution in [0.15, 0.2) is 18.6 Å². The summed E-state index contributed by atoms with van der Waals surface area (Å²) in [6.45, 7) is 0. The molecule has 2 unspecified atom stereocenters. The van der Waals surface area contributed by atoms with E-state index in [0.717, 1.165) is 31.5 Å². The van der Waals surface area contributed by atoms with Gasteiger partial charge in [-0.3, -0.25) is 4.98 Å². The molecule has 0 spiro atoms. The summed E-state index contributed by atoms with van der Waals surface area (Å²) in [4.78, 5) is 8.12. The number of aliphatic hydroxyl groups excluding tert-OH is 1. The van der Waals surface area contributed by atoms with E-state index in [0.29, 0.717) is 6.04 Å². The van der Waals surface area contributed by atoms with Crippen molar-refractivity contribution in [2.45, 2.75) is 37.8 Å². The van der Waals surface area contributed by atoms with Gasteiger partial charge in [0.2, 0.25) is 0 Å². The molecule has 0 radical (unpaired) electrons. The van der Waals surface area contributed by atoms with Gasteiger partial charge in [-0.2, -0.15) is 0 Å². The third-order valence-corrected chi connectivity index (χ3v) is 2.56. The van der Waals surface area contributed by atoms with E-state index in [2.05, 4.69) is 15.3 Å². The van der Waals surface area contributed by atoms with Crippen molar-refractivity contribution in [3.63, 3.8) is 0 Å². The molecule has 2 N–H and O–H groups in total. The molecule has 0 aromatic carbocycles. The lowest BCUT2D eigenvalue weighted by atomic mass is 9.93. The molecule has 0 bridgehead atoms. The summed E-state index contributed by atoms with van der Waals surface area (Å²) in [6, 6.07) is 0.343. The number of aliphatic hydroxyl groups is 1. The van der Waals surface area contributed by atoms with Gasteiger partial charge in [0.25, 0.3) is 0 Å². The Morgan fingerprint density at radius 3 is 3.00 bits per heavy atom. The van der Waals surface area contributed by atoms with Crippen LogP contribution < -0.4 is 5.32 Å². The Bertz CT molecular complexity index is 278. The summed E-state index contributed by atoms with van der Waals surface area (Å²) in [6.07, 6.45) is 8.81. The fourth-order valence-electron chi connectivity index (χ4n) is 1.88. The molecule has 1 saturated carbocycles. The SMILES string of the molecule is OC1CCCC(Nc2cnccn2)C1. The van der Waals surface area contributed by atoms with Gasteiger partial charge in [0.1, 0.15) is 5.82 Å². The van der Waals surface area contributed by atoms with Gasteiger partial charge in [0, 0.05) is 18.4 Å². The third-order valence-electron chi connectivity index (χ3n) is 2.56. The van der Waals surface area contributed by atoms with Crippen molar-refractivity contribution in [1.82, 2.24) is 9.97 Å². The van der Waals surface area contributed by atoms with Crippen molar-refractivity contribution in [3.8, 4) is 0 Å². The zero-order valence-corrected chi connectivity index (χ0v) is 8.06. The highest BCUT2D eigenvalue weighted by Gasteiger charge is 2.19. The van der Waals surface area contributed by atoms with Crippen LogP contribution in [-0.4, -0.2) is 27.2 Å². The first-order chi connectivity index (χ1) is 6.84. The number of anilines is 1. The van der Waals surface area contributed by atoms with Crippen LogP contribution >= 0.6 is 0 Å². The number of aromatic nitrogens is 2. The van der Waals surface area contributed by atoms with Crippen LogP contribution in [0.5, 0.6) is 0 Å². The number of nitrogens with zero attached hydrogens (tertiary/aromatic N) is 2. The maximum atomic E-state index is 9.48. The first-order valence-electron chi connectivity index (χ1n) is 5.05. The van der Waals surface area contributed by atoms with Crippen molar-refractivity contribution < 1.29 is 5.11 Å². The number of hydrogen-bond donors (Lipinski definition) is 2. The predicted octanol–water partition coefficient (Wildman–Crippen LogP) is 1.19. The van der Waals surface area contributed by atoms with Gasteiger partial charge in [-0.1, -0.05) is 0 Å². The highest BCUT2D eigenvalue weighted by molar-refractivity contribution is 5.31. The van der Waals surface area contributed by atoms with Crippen LogP contribution in [0.4, 0.5) is 5.82 Å². The second-order valence-corrected chi connectivity index (χ2v) is 3.75. The zero-order chi connectivity index (χ0) is 9.80. The molecule has 4 nitrogen and oxygen atoms in total. The van der Waals surface area contributed by atoms with Crippen LogP contribution in [0.1, 0.15) is 25.7 Å². The van der Waals surface area contributed by atoms with Gasteiger partial charge in [-0.25, -0.2) is 4.98 Å². The molecule has 2 atom stereocenters. The summed E-state index contributed by atoms with van der Waals surface area (Å²) in [5, 5.41) is 12.8. The molecule has 1 heterocycles. The van der Waals surface area contributed by atoms with Gasteiger partial charge in [-0.15, -0.1) is 0 Å². The quantitative estimate of drug-likeness (QED) is 0.740. The molecule has 2 rings (SSSR count). The minimum Gasteiger partial charge on any atom is -0.393 e. The van der Waals surface area contributed by atoms with Crippen LogP contribution in [0.25, 0.3) is 0 Å². The smallest absolute Gasteiger partial charge is 0.144 e. The lowest BCUT2D eigenvalue weighted by Gasteiger charge is -2.26. The topological polar surface area (TPSA) is 58.0 Å². The largest absolute Gasteiger partial charge is 0.393 e. The highest BCUT2D eigenvalue weighted by atomic mass is 16.3. The van der Waals surface area contributed by atoms with E-state index in [1.807, 2.05) is 0 Å². The summed E-state index contributed by atoms with van der Waals surface area (Å²) >= 11 is 0. The summed E-state index contributed by atoms with van der Waals surface area (Å²) in [5.41, 5.74) is 0. The van der Waals surface area contributed by atoms with Crippen molar-refractivity contribution in [2.24, 2.45) is 0 Å². The second kappa shape index (κ2) is 4.37. The zero-order valence-electron chi connectivity index (χ0n) is 8.06. The first kappa shape index (κ1) is 9.40. The molecule has 0 saturated heterocycles. The van der Waals surface area contributed by atoms with E-state index in [9.17, 15) is 5.11 Å². The fraction of sp³-hybridized carbons (Fsp3) is 0.600. The Kier molecular flexibility index (Phi) is 2.93. The molecule has 0 amide bonds. The molecule has 4 heteroatoms. The highest BCUT2D eigenvalue weighted by Crippen LogP contribution is 2.20. The van der Waals surface area contributed by atoms with Crippen molar-refractivity contribution in [2.75, 3.05) is 5.32 Å². The summed E-state index contributed by atoms with van der Waals surface area (Å²) in [5.74, 6) is 0.798. The van der Waals surface area contributed by atoms with Crippen LogP contribution in [0.3, 0.4) is 0 Å². The Balaban J connectivity index is 1.91. The van der Waals surface area contributed by atoms with Crippen LogP contribution in [-0.2, 0) is 0 Å². The van der Waals surface area contributed by atoms with Crippen molar-refractivity contribution in [1.29, 1.82) is 0 Å². The minimum absolute atomic E-state index is 0.155. The number of rotatable bonds is 2. The molecule has 1 fully saturated rings. The normalized spacial score (nSPS) is 27.2. The van der Waals surface area contributed by atoms with E-state index in [1.54, 1.807) is 18.6 Å². The lowest BCUT2D eigenvalue weighted by Crippen LogP contribution is -2.30. The third kappa shape index (κ3) is 2.42. The predicted molar refractivity (Wildman–Crippen MR) is 53.9 cm³/mol. The monoisotopic (exact) mass is 193 g/mol. The average molecular weight is 193 g/mol. The number of nitrogens with one attached hydrogen (secondary N) is 1. The summed E-state index contributed by atoms with van der Waals surface area (Å²) in [7, 11) is 0. The Labute approximate surface area is 83.4 Å². The molecule has 1 aliphatic carbocycles. The number of hydrogen-bond acceptors (Lipinski definition) is 4. The molecule has 76 valence electrons.